The van der Waals surface area contributed by atoms with Gasteiger partial charge in [-0.3, -0.25) is 0 Å². The van der Waals surface area contributed by atoms with Gasteiger partial charge in [-0.15, -0.1) is 11.3 Å². The second-order valence-corrected chi connectivity index (χ2v) is 15.8. The average Bonchev–Trinajstić information content (AvgIpc) is 3.13. The van der Waals surface area contributed by atoms with Crippen LogP contribution in [0.5, 0.6) is 5.75 Å². The van der Waals surface area contributed by atoms with E-state index < -0.39 is 8.32 Å². The maximum atomic E-state index is 6.47. The summed E-state index contributed by atoms with van der Waals surface area (Å²) < 4.78 is 8.58. The first-order chi connectivity index (χ1) is 14.6. The topological polar surface area (TPSA) is 47.0 Å². The minimum absolute atomic E-state index is 0.148. The highest BCUT2D eigenvalue weighted by atomic mass is 79.9. The van der Waals surface area contributed by atoms with Crippen molar-refractivity contribution in [3.8, 4) is 16.2 Å². The smallest absolute Gasteiger partial charge is 0.250 e. The summed E-state index contributed by atoms with van der Waals surface area (Å²) in [5.74, 6) is 1.70. The van der Waals surface area contributed by atoms with Crippen molar-refractivity contribution >= 4 is 57.3 Å². The van der Waals surface area contributed by atoms with Gasteiger partial charge in [-0.05, 0) is 54.0 Å². The van der Waals surface area contributed by atoms with Crippen LogP contribution in [-0.4, -0.2) is 18.3 Å². The Hall–Kier alpha value is -2.22. The molecule has 0 aliphatic heterocycles. The first-order valence-electron chi connectivity index (χ1n) is 10.2. The van der Waals surface area contributed by atoms with E-state index in [1.807, 2.05) is 18.2 Å². The van der Waals surface area contributed by atoms with Gasteiger partial charge >= 0.3 is 0 Å². The fourth-order valence-corrected chi connectivity index (χ4v) is 5.27. The molecule has 4 rings (SSSR count). The van der Waals surface area contributed by atoms with E-state index in [4.69, 9.17) is 4.43 Å². The molecule has 0 bridgehead atoms. The molecule has 160 valence electrons. The molecule has 0 saturated carbocycles. The van der Waals surface area contributed by atoms with Gasteiger partial charge in [0.05, 0.1) is 10.2 Å². The normalized spacial score (nSPS) is 12.2. The number of fused-ring (bicyclic) bond motifs is 1. The van der Waals surface area contributed by atoms with Crippen LogP contribution in [0.25, 0.3) is 20.7 Å². The van der Waals surface area contributed by atoms with Crippen molar-refractivity contribution in [2.45, 2.75) is 38.9 Å². The Labute approximate surface area is 197 Å². The molecule has 0 aliphatic carbocycles. The molecule has 2 heterocycles. The van der Waals surface area contributed by atoms with Crippen LogP contribution < -0.4 is 9.74 Å². The van der Waals surface area contributed by atoms with Crippen molar-refractivity contribution in [2.24, 2.45) is 0 Å². The molecule has 0 atom stereocenters. The Bertz CT molecular complexity index is 1220. The monoisotopic (exact) mass is 511 g/mol. The van der Waals surface area contributed by atoms with E-state index in [1.165, 1.54) is 10.4 Å². The number of halogens is 1. The minimum atomic E-state index is -1.90. The summed E-state index contributed by atoms with van der Waals surface area (Å²) >= 11 is 5.19. The molecule has 0 saturated heterocycles. The molecule has 0 aliphatic rings. The van der Waals surface area contributed by atoms with E-state index in [-0.39, 0.29) is 5.04 Å². The standard InChI is InChI=1S/C24H26BrN3OSSi/c1-24(2,3)31(4,5)29-19-8-6-7-18(13-19)28-23-22-20(26-15-27-23)14-21(30-22)16-9-11-17(25)12-10-16/h6-15H,1-5H3,(H,26,27,28). The summed E-state index contributed by atoms with van der Waals surface area (Å²) in [5, 5.41) is 3.62. The van der Waals surface area contributed by atoms with Crippen LogP contribution in [0.2, 0.25) is 18.1 Å². The molecule has 0 unspecified atom stereocenters. The third-order valence-electron chi connectivity index (χ3n) is 5.72. The fraction of sp³-hybridized carbons (Fsp3) is 0.250. The molecule has 4 aromatic rings. The quantitative estimate of drug-likeness (QED) is 0.274. The predicted octanol–water partition coefficient (Wildman–Crippen LogP) is 8.25. The second kappa shape index (κ2) is 8.37. The van der Waals surface area contributed by atoms with E-state index >= 15 is 0 Å². The highest BCUT2D eigenvalue weighted by Crippen LogP contribution is 2.39. The number of anilines is 2. The maximum Gasteiger partial charge on any atom is 0.250 e. The molecular weight excluding hydrogens is 486 g/mol. The van der Waals surface area contributed by atoms with Gasteiger partial charge in [-0.1, -0.05) is 54.9 Å². The molecule has 0 spiro atoms. The lowest BCUT2D eigenvalue weighted by Crippen LogP contribution is -2.43. The third-order valence-corrected chi connectivity index (χ3v) is 11.8. The molecule has 2 aromatic heterocycles. The zero-order valence-electron chi connectivity index (χ0n) is 18.4. The van der Waals surface area contributed by atoms with Gasteiger partial charge in [0.25, 0.3) is 0 Å². The SMILES string of the molecule is CC(C)(C)[Si](C)(C)Oc1cccc(Nc2ncnc3cc(-c4ccc(Br)cc4)sc23)c1. The van der Waals surface area contributed by atoms with Crippen molar-refractivity contribution in [2.75, 3.05) is 5.32 Å². The number of benzene rings is 2. The van der Waals surface area contributed by atoms with Crippen molar-refractivity contribution < 1.29 is 4.43 Å². The highest BCUT2D eigenvalue weighted by molar-refractivity contribution is 9.10. The number of aromatic nitrogens is 2. The number of nitrogens with zero attached hydrogens (tertiary/aromatic N) is 2. The largest absolute Gasteiger partial charge is 0.543 e. The van der Waals surface area contributed by atoms with Gasteiger partial charge in [-0.25, -0.2) is 9.97 Å². The molecule has 4 nitrogen and oxygen atoms in total. The Morgan fingerprint density at radius 1 is 1.00 bits per heavy atom. The van der Waals surface area contributed by atoms with Gasteiger partial charge in [0.2, 0.25) is 8.32 Å². The fourth-order valence-electron chi connectivity index (χ4n) is 2.92. The van der Waals surface area contributed by atoms with Gasteiger partial charge in [-0.2, -0.15) is 0 Å². The van der Waals surface area contributed by atoms with Crippen molar-refractivity contribution in [3.63, 3.8) is 0 Å². The zero-order chi connectivity index (χ0) is 22.2. The number of rotatable bonds is 5. The minimum Gasteiger partial charge on any atom is -0.543 e. The summed E-state index contributed by atoms with van der Waals surface area (Å²) in [4.78, 5) is 10.2. The first kappa shape index (κ1) is 22.0. The Kier molecular flexibility index (Phi) is 5.94. The molecule has 0 radical (unpaired) electrons. The van der Waals surface area contributed by atoms with Crippen molar-refractivity contribution in [3.05, 3.63) is 65.4 Å². The summed E-state index contributed by atoms with van der Waals surface area (Å²) in [5.41, 5.74) is 3.06. The van der Waals surface area contributed by atoms with Crippen LogP contribution in [-0.2, 0) is 0 Å². The summed E-state index contributed by atoms with van der Waals surface area (Å²) in [6.45, 7) is 11.3. The highest BCUT2D eigenvalue weighted by Gasteiger charge is 2.38. The number of thiophene rings is 1. The lowest BCUT2D eigenvalue weighted by atomic mass is 10.2. The van der Waals surface area contributed by atoms with Crippen LogP contribution in [0.3, 0.4) is 0 Å². The van der Waals surface area contributed by atoms with E-state index in [0.717, 1.165) is 31.9 Å². The second-order valence-electron chi connectivity index (χ2n) is 9.07. The molecule has 0 fully saturated rings. The number of hydrogen-bond acceptors (Lipinski definition) is 5. The zero-order valence-corrected chi connectivity index (χ0v) is 21.8. The molecule has 1 N–H and O–H groups in total. The third kappa shape index (κ3) is 4.84. The van der Waals surface area contributed by atoms with Crippen LogP contribution in [0.15, 0.2) is 65.4 Å². The molecule has 31 heavy (non-hydrogen) atoms. The summed E-state index contributed by atoms with van der Waals surface area (Å²) in [6, 6.07) is 18.6. The van der Waals surface area contributed by atoms with Crippen LogP contribution in [0.1, 0.15) is 20.8 Å². The van der Waals surface area contributed by atoms with E-state index in [0.29, 0.717) is 0 Å². The molecular formula is C24H26BrN3OSSi. The van der Waals surface area contributed by atoms with Gasteiger partial charge < -0.3 is 9.74 Å². The Morgan fingerprint density at radius 2 is 1.74 bits per heavy atom. The van der Waals surface area contributed by atoms with Crippen LogP contribution in [0, 0.1) is 0 Å². The van der Waals surface area contributed by atoms with Gasteiger partial charge in [0.15, 0.2) is 5.82 Å². The Morgan fingerprint density at radius 3 is 2.45 bits per heavy atom. The lowest BCUT2D eigenvalue weighted by molar-refractivity contribution is 0.492. The van der Waals surface area contributed by atoms with E-state index in [2.05, 4.69) is 101 Å². The molecule has 2 aromatic carbocycles. The van der Waals surface area contributed by atoms with Crippen LogP contribution in [0.4, 0.5) is 11.5 Å². The maximum absolute atomic E-state index is 6.47. The van der Waals surface area contributed by atoms with E-state index in [9.17, 15) is 0 Å². The number of hydrogen-bond donors (Lipinski definition) is 1. The van der Waals surface area contributed by atoms with Gasteiger partial charge in [0, 0.05) is 21.1 Å². The first-order valence-corrected chi connectivity index (χ1v) is 14.7. The number of nitrogens with one attached hydrogen (secondary N) is 1. The van der Waals surface area contributed by atoms with Crippen molar-refractivity contribution in [1.82, 2.24) is 9.97 Å². The average molecular weight is 513 g/mol. The molecule has 7 heteroatoms. The van der Waals surface area contributed by atoms with E-state index in [1.54, 1.807) is 17.7 Å². The van der Waals surface area contributed by atoms with Crippen molar-refractivity contribution in [1.29, 1.82) is 0 Å². The Balaban J connectivity index is 1.62. The lowest BCUT2D eigenvalue weighted by Gasteiger charge is -2.36. The summed E-state index contributed by atoms with van der Waals surface area (Å²) in [6.07, 6.45) is 1.61. The van der Waals surface area contributed by atoms with Gasteiger partial charge in [0.1, 0.15) is 12.1 Å². The van der Waals surface area contributed by atoms with Crippen LogP contribution >= 0.6 is 27.3 Å². The predicted molar refractivity (Wildman–Crippen MR) is 138 cm³/mol. The molecule has 0 amide bonds. The summed E-state index contributed by atoms with van der Waals surface area (Å²) in [7, 11) is -1.90.